The number of rotatable bonds is 3. The molecule has 3 rings (SSSR count). The van der Waals surface area contributed by atoms with Crippen LogP contribution >= 0.6 is 11.3 Å². The number of hydrogen-bond acceptors (Lipinski definition) is 6. The summed E-state index contributed by atoms with van der Waals surface area (Å²) < 4.78 is 1.47. The molecule has 0 saturated heterocycles. The molecule has 3 N–H and O–H groups in total. The Bertz CT molecular complexity index is 562. The van der Waals surface area contributed by atoms with E-state index in [0.717, 1.165) is 6.42 Å². The molecule has 0 aromatic carbocycles. The van der Waals surface area contributed by atoms with Gasteiger partial charge in [-0.05, 0) is 11.3 Å². The van der Waals surface area contributed by atoms with Crippen LogP contribution in [0, 0.1) is 10.1 Å². The van der Waals surface area contributed by atoms with Crippen molar-refractivity contribution in [2.45, 2.75) is 18.5 Å². The molecule has 16 heavy (non-hydrogen) atoms. The lowest BCUT2D eigenvalue weighted by molar-refractivity contribution is -0.389. The molecule has 1 fully saturated rings. The highest BCUT2D eigenvalue weighted by atomic mass is 32.1. The van der Waals surface area contributed by atoms with Crippen LogP contribution in [-0.4, -0.2) is 26.4 Å². The Morgan fingerprint density at radius 3 is 3.12 bits per heavy atom. The largest absolute Gasteiger partial charge is 0.372 e. The van der Waals surface area contributed by atoms with Gasteiger partial charge in [0.05, 0.1) is 0 Å². The second kappa shape index (κ2) is 3.16. The van der Waals surface area contributed by atoms with E-state index in [4.69, 9.17) is 5.73 Å². The Morgan fingerprint density at radius 1 is 1.75 bits per heavy atom. The highest BCUT2D eigenvalue weighted by molar-refractivity contribution is 7.15. The number of aromatic nitrogens is 2. The molecule has 0 aliphatic heterocycles. The van der Waals surface area contributed by atoms with Crippen LogP contribution in [0.2, 0.25) is 0 Å². The molecular formula is C8H9N5O2S. The van der Waals surface area contributed by atoms with Gasteiger partial charge in [0.25, 0.3) is 4.96 Å². The molecule has 2 heterocycles. The van der Waals surface area contributed by atoms with E-state index in [-0.39, 0.29) is 17.9 Å². The van der Waals surface area contributed by atoms with Gasteiger partial charge >= 0.3 is 5.82 Å². The number of nitro groups is 1. The number of nitrogens with two attached hydrogens (primary N) is 1. The first-order chi connectivity index (χ1) is 7.66. The molecular weight excluding hydrogens is 230 g/mol. The summed E-state index contributed by atoms with van der Waals surface area (Å²) in [5.41, 5.74) is 5.65. The molecule has 2 unspecified atom stereocenters. The molecule has 1 aliphatic rings. The zero-order valence-electron chi connectivity index (χ0n) is 8.16. The second-order valence-electron chi connectivity index (χ2n) is 3.75. The normalized spacial score (nSPS) is 23.6. The fourth-order valence-corrected chi connectivity index (χ4v) is 2.31. The minimum atomic E-state index is -0.428. The maximum absolute atomic E-state index is 11.0. The quantitative estimate of drug-likeness (QED) is 0.610. The summed E-state index contributed by atoms with van der Waals surface area (Å²) in [7, 11) is 0. The highest BCUT2D eigenvalue weighted by Gasteiger charge is 2.36. The first kappa shape index (κ1) is 9.55. The maximum atomic E-state index is 11.0. The van der Waals surface area contributed by atoms with Crippen LogP contribution < -0.4 is 11.1 Å². The number of anilines is 1. The van der Waals surface area contributed by atoms with Crippen molar-refractivity contribution in [3.05, 3.63) is 21.7 Å². The summed E-state index contributed by atoms with van der Waals surface area (Å²) in [4.78, 5) is 15.3. The third kappa shape index (κ3) is 1.34. The van der Waals surface area contributed by atoms with E-state index >= 15 is 0 Å². The van der Waals surface area contributed by atoms with Crippen LogP contribution in [0.3, 0.4) is 0 Å². The topological polar surface area (TPSA) is 98.5 Å². The number of nitrogens with one attached hydrogen (secondary N) is 1. The first-order valence-corrected chi connectivity index (χ1v) is 5.67. The minimum Gasteiger partial charge on any atom is -0.359 e. The number of hydrogen-bond donors (Lipinski definition) is 2. The maximum Gasteiger partial charge on any atom is 0.372 e. The van der Waals surface area contributed by atoms with E-state index in [1.807, 2.05) is 0 Å². The van der Waals surface area contributed by atoms with Crippen molar-refractivity contribution in [2.75, 3.05) is 5.32 Å². The molecule has 1 aliphatic carbocycles. The minimum absolute atomic E-state index is 0.0182. The van der Waals surface area contributed by atoms with Crippen LogP contribution in [0.15, 0.2) is 11.6 Å². The van der Waals surface area contributed by atoms with Crippen LogP contribution in [-0.2, 0) is 0 Å². The Morgan fingerprint density at radius 2 is 2.50 bits per heavy atom. The van der Waals surface area contributed by atoms with Gasteiger partial charge in [-0.2, -0.15) is 9.38 Å². The average Bonchev–Trinajstić information content (AvgIpc) is 2.61. The van der Waals surface area contributed by atoms with Gasteiger partial charge in [0.2, 0.25) is 5.82 Å². The van der Waals surface area contributed by atoms with Gasteiger partial charge < -0.3 is 21.2 Å². The van der Waals surface area contributed by atoms with Crippen LogP contribution in [0.4, 0.5) is 11.6 Å². The lowest BCUT2D eigenvalue weighted by atomic mass is 10.5. The Kier molecular flexibility index (Phi) is 1.88. The summed E-state index contributed by atoms with van der Waals surface area (Å²) in [6.07, 6.45) is 2.48. The molecule has 2 atom stereocenters. The smallest absolute Gasteiger partial charge is 0.359 e. The standard InChI is InChI=1S/C8H9N5O2S/c9-4-3-5(4)10-6-7(13(14)15)12-1-2-16-8(12)11-6/h1-2,4-5,10H,3,9H2. The van der Waals surface area contributed by atoms with Crippen LogP contribution in [0.25, 0.3) is 4.96 Å². The van der Waals surface area contributed by atoms with E-state index in [1.165, 1.54) is 15.7 Å². The number of imidazole rings is 1. The van der Waals surface area contributed by atoms with E-state index < -0.39 is 4.92 Å². The Balaban J connectivity index is 2.04. The Labute approximate surface area is 94.0 Å². The van der Waals surface area contributed by atoms with Crippen molar-refractivity contribution < 1.29 is 4.92 Å². The summed E-state index contributed by atoms with van der Waals surface area (Å²) in [6.45, 7) is 0. The first-order valence-electron chi connectivity index (χ1n) is 4.79. The van der Waals surface area contributed by atoms with Crippen molar-refractivity contribution >= 4 is 27.9 Å². The number of nitrogens with zero attached hydrogens (tertiary/aromatic N) is 3. The van der Waals surface area contributed by atoms with Crippen molar-refractivity contribution in [2.24, 2.45) is 5.73 Å². The number of thiazole rings is 1. The van der Waals surface area contributed by atoms with Gasteiger partial charge in [-0.3, -0.25) is 0 Å². The van der Waals surface area contributed by atoms with Gasteiger partial charge in [0, 0.05) is 17.5 Å². The molecule has 7 nitrogen and oxygen atoms in total. The summed E-state index contributed by atoms with van der Waals surface area (Å²) in [6, 6.07) is 0.197. The SMILES string of the molecule is NC1CC1Nc1nc2sccn2c1[N+](=O)[O-]. The molecule has 2 aromatic rings. The van der Waals surface area contributed by atoms with Crippen molar-refractivity contribution in [3.8, 4) is 0 Å². The molecule has 8 heteroatoms. The van der Waals surface area contributed by atoms with Gasteiger partial charge in [0.1, 0.15) is 6.20 Å². The van der Waals surface area contributed by atoms with E-state index in [1.54, 1.807) is 11.6 Å². The Hall–Kier alpha value is -1.67. The third-order valence-electron chi connectivity index (χ3n) is 2.57. The van der Waals surface area contributed by atoms with Gasteiger partial charge in [-0.25, -0.2) is 0 Å². The fourth-order valence-electron chi connectivity index (χ4n) is 1.60. The van der Waals surface area contributed by atoms with E-state index in [2.05, 4.69) is 10.3 Å². The van der Waals surface area contributed by atoms with Crippen LogP contribution in [0.5, 0.6) is 0 Å². The monoisotopic (exact) mass is 239 g/mol. The average molecular weight is 239 g/mol. The van der Waals surface area contributed by atoms with Crippen molar-refractivity contribution in [1.82, 2.24) is 9.38 Å². The molecule has 0 spiro atoms. The zero-order chi connectivity index (χ0) is 11.3. The van der Waals surface area contributed by atoms with Gasteiger partial charge in [-0.15, -0.1) is 0 Å². The summed E-state index contributed by atoms with van der Waals surface area (Å²) in [5, 5.41) is 15.7. The third-order valence-corrected chi connectivity index (χ3v) is 3.33. The van der Waals surface area contributed by atoms with Crippen LogP contribution in [0.1, 0.15) is 6.42 Å². The molecule has 0 amide bonds. The lowest BCUT2D eigenvalue weighted by Crippen LogP contribution is -2.14. The molecule has 1 saturated carbocycles. The van der Waals surface area contributed by atoms with Crippen molar-refractivity contribution in [3.63, 3.8) is 0 Å². The zero-order valence-corrected chi connectivity index (χ0v) is 8.98. The molecule has 0 bridgehead atoms. The number of fused-ring (bicyclic) bond motifs is 1. The summed E-state index contributed by atoms with van der Waals surface area (Å²) in [5.74, 6) is 0.296. The molecule has 0 radical (unpaired) electrons. The molecule has 84 valence electrons. The van der Waals surface area contributed by atoms with Gasteiger partial charge in [0.15, 0.2) is 0 Å². The molecule has 2 aromatic heterocycles. The lowest BCUT2D eigenvalue weighted by Gasteiger charge is -2.00. The second-order valence-corrected chi connectivity index (χ2v) is 4.62. The summed E-state index contributed by atoms with van der Waals surface area (Å²) >= 11 is 1.36. The highest BCUT2D eigenvalue weighted by Crippen LogP contribution is 2.32. The van der Waals surface area contributed by atoms with Crippen molar-refractivity contribution in [1.29, 1.82) is 0 Å². The van der Waals surface area contributed by atoms with E-state index in [9.17, 15) is 10.1 Å². The van der Waals surface area contributed by atoms with E-state index in [0.29, 0.717) is 10.8 Å². The fraction of sp³-hybridized carbons (Fsp3) is 0.375. The predicted molar refractivity (Wildman–Crippen MR) is 59.7 cm³/mol. The van der Waals surface area contributed by atoms with Gasteiger partial charge in [-0.1, -0.05) is 11.3 Å². The predicted octanol–water partition coefficient (Wildman–Crippen LogP) is 0.815.